The predicted molar refractivity (Wildman–Crippen MR) is 95.7 cm³/mol. The van der Waals surface area contributed by atoms with Crippen LogP contribution in [0.4, 0.5) is 5.69 Å². The van der Waals surface area contributed by atoms with Gasteiger partial charge in [0.05, 0.1) is 19.4 Å². The quantitative estimate of drug-likeness (QED) is 0.795. The maximum atomic E-state index is 12.5. The standard InChI is InChI=1S/C19H20N4O2/c24-19(21-16-4-2-1-3-5-16)17-13-20-18-12-15(6-7-23(17)18)14-22-8-10-25-11-9-22/h1-7,12-13H,8-11,14H2,(H,21,24). The van der Waals surface area contributed by atoms with E-state index in [0.29, 0.717) is 5.69 Å². The average Bonchev–Trinajstić information content (AvgIpc) is 3.07. The molecule has 1 aromatic carbocycles. The van der Waals surface area contributed by atoms with Gasteiger partial charge in [-0.05, 0) is 29.8 Å². The van der Waals surface area contributed by atoms with Crippen LogP contribution in [0.25, 0.3) is 5.65 Å². The Hall–Kier alpha value is -2.70. The second kappa shape index (κ2) is 7.04. The van der Waals surface area contributed by atoms with Gasteiger partial charge >= 0.3 is 0 Å². The molecule has 0 unspecified atom stereocenters. The molecular weight excluding hydrogens is 316 g/mol. The van der Waals surface area contributed by atoms with Crippen LogP contribution in [-0.2, 0) is 11.3 Å². The zero-order valence-electron chi connectivity index (χ0n) is 13.9. The van der Waals surface area contributed by atoms with E-state index in [9.17, 15) is 4.79 Å². The molecule has 25 heavy (non-hydrogen) atoms. The van der Waals surface area contributed by atoms with Crippen molar-refractivity contribution in [3.05, 3.63) is 66.1 Å². The fraction of sp³-hybridized carbons (Fsp3) is 0.263. The summed E-state index contributed by atoms with van der Waals surface area (Å²) in [5.74, 6) is -0.167. The van der Waals surface area contributed by atoms with E-state index in [0.717, 1.165) is 44.2 Å². The molecule has 128 valence electrons. The highest BCUT2D eigenvalue weighted by Crippen LogP contribution is 2.14. The molecule has 0 spiro atoms. The lowest BCUT2D eigenvalue weighted by atomic mass is 10.2. The SMILES string of the molecule is O=C(Nc1ccccc1)c1cnc2cc(CN3CCOCC3)ccn12. The van der Waals surface area contributed by atoms with E-state index >= 15 is 0 Å². The van der Waals surface area contributed by atoms with Crippen LogP contribution < -0.4 is 5.32 Å². The molecule has 1 N–H and O–H groups in total. The number of imidazole rings is 1. The van der Waals surface area contributed by atoms with Gasteiger partial charge in [0.25, 0.3) is 5.91 Å². The van der Waals surface area contributed by atoms with Gasteiger partial charge in [0.2, 0.25) is 0 Å². The molecule has 2 aromatic heterocycles. The maximum absolute atomic E-state index is 12.5. The average molecular weight is 336 g/mol. The molecule has 1 aliphatic heterocycles. The molecule has 0 bridgehead atoms. The molecule has 4 rings (SSSR count). The van der Waals surface area contributed by atoms with Crippen LogP contribution >= 0.6 is 0 Å². The van der Waals surface area contributed by atoms with Gasteiger partial charge in [0.15, 0.2) is 0 Å². The van der Waals surface area contributed by atoms with E-state index in [-0.39, 0.29) is 5.91 Å². The van der Waals surface area contributed by atoms with Crippen molar-refractivity contribution in [2.45, 2.75) is 6.54 Å². The number of carbonyl (C=O) groups excluding carboxylic acids is 1. The molecule has 1 aliphatic rings. The van der Waals surface area contributed by atoms with Crippen LogP contribution in [0, 0.1) is 0 Å². The fourth-order valence-corrected chi connectivity index (χ4v) is 3.02. The molecule has 0 atom stereocenters. The van der Waals surface area contributed by atoms with E-state index in [1.54, 1.807) is 6.20 Å². The van der Waals surface area contributed by atoms with Crippen LogP contribution in [0.3, 0.4) is 0 Å². The second-order valence-electron chi connectivity index (χ2n) is 6.12. The Bertz CT molecular complexity index is 870. The van der Waals surface area contributed by atoms with E-state index < -0.39 is 0 Å². The molecular formula is C19H20N4O2. The summed E-state index contributed by atoms with van der Waals surface area (Å²) in [5, 5.41) is 2.89. The number of amides is 1. The highest BCUT2D eigenvalue weighted by atomic mass is 16.5. The number of hydrogen-bond donors (Lipinski definition) is 1. The van der Waals surface area contributed by atoms with E-state index in [2.05, 4.69) is 15.2 Å². The first-order chi connectivity index (χ1) is 12.3. The van der Waals surface area contributed by atoms with Crippen molar-refractivity contribution in [3.63, 3.8) is 0 Å². The third kappa shape index (κ3) is 3.55. The monoisotopic (exact) mass is 336 g/mol. The minimum Gasteiger partial charge on any atom is -0.379 e. The first-order valence-electron chi connectivity index (χ1n) is 8.42. The molecule has 0 saturated carbocycles. The molecule has 6 heteroatoms. The van der Waals surface area contributed by atoms with Crippen LogP contribution in [0.15, 0.2) is 54.9 Å². The number of rotatable bonds is 4. The van der Waals surface area contributed by atoms with Crippen molar-refractivity contribution < 1.29 is 9.53 Å². The molecule has 3 heterocycles. The van der Waals surface area contributed by atoms with Crippen molar-refractivity contribution in [2.75, 3.05) is 31.6 Å². The van der Waals surface area contributed by atoms with E-state index in [1.165, 1.54) is 5.56 Å². The van der Waals surface area contributed by atoms with Gasteiger partial charge in [0.1, 0.15) is 11.3 Å². The highest BCUT2D eigenvalue weighted by Gasteiger charge is 2.14. The molecule has 0 aliphatic carbocycles. The summed E-state index contributed by atoms with van der Waals surface area (Å²) in [4.78, 5) is 19.3. The van der Waals surface area contributed by atoms with Crippen molar-refractivity contribution in [3.8, 4) is 0 Å². The highest BCUT2D eigenvalue weighted by molar-refractivity contribution is 6.03. The largest absolute Gasteiger partial charge is 0.379 e. The summed E-state index contributed by atoms with van der Waals surface area (Å²) in [7, 11) is 0. The number of nitrogens with zero attached hydrogens (tertiary/aromatic N) is 3. The first kappa shape index (κ1) is 15.8. The number of anilines is 1. The second-order valence-corrected chi connectivity index (χ2v) is 6.12. The molecule has 6 nitrogen and oxygen atoms in total. The lowest BCUT2D eigenvalue weighted by molar-refractivity contribution is 0.0342. The summed E-state index contributed by atoms with van der Waals surface area (Å²) in [6, 6.07) is 13.5. The Morgan fingerprint density at radius 1 is 1.16 bits per heavy atom. The molecule has 1 fully saturated rings. The summed E-state index contributed by atoms with van der Waals surface area (Å²) >= 11 is 0. The lowest BCUT2D eigenvalue weighted by Crippen LogP contribution is -2.35. The van der Waals surface area contributed by atoms with Crippen molar-refractivity contribution >= 4 is 17.2 Å². The number of ether oxygens (including phenoxy) is 1. The van der Waals surface area contributed by atoms with Gasteiger partial charge in [-0.2, -0.15) is 0 Å². The number of carbonyl (C=O) groups is 1. The van der Waals surface area contributed by atoms with Crippen LogP contribution in [0.1, 0.15) is 16.1 Å². The van der Waals surface area contributed by atoms with E-state index in [4.69, 9.17) is 4.74 Å². The Morgan fingerprint density at radius 2 is 1.96 bits per heavy atom. The summed E-state index contributed by atoms with van der Waals surface area (Å²) in [6.07, 6.45) is 3.53. The number of pyridine rings is 1. The predicted octanol–water partition coefficient (Wildman–Crippen LogP) is 2.42. The first-order valence-corrected chi connectivity index (χ1v) is 8.42. The van der Waals surface area contributed by atoms with Crippen LogP contribution in [0.2, 0.25) is 0 Å². The van der Waals surface area contributed by atoms with Gasteiger partial charge in [-0.25, -0.2) is 4.98 Å². The third-order valence-electron chi connectivity index (χ3n) is 4.35. The topological polar surface area (TPSA) is 58.9 Å². The van der Waals surface area contributed by atoms with Gasteiger partial charge in [-0.1, -0.05) is 18.2 Å². The molecule has 3 aromatic rings. The molecule has 1 amide bonds. The zero-order chi connectivity index (χ0) is 17.1. The number of hydrogen-bond acceptors (Lipinski definition) is 4. The lowest BCUT2D eigenvalue weighted by Gasteiger charge is -2.26. The third-order valence-corrected chi connectivity index (χ3v) is 4.35. The summed E-state index contributed by atoms with van der Waals surface area (Å²) in [6.45, 7) is 4.35. The minimum absolute atomic E-state index is 0.167. The number of nitrogens with one attached hydrogen (secondary N) is 1. The normalized spacial score (nSPS) is 15.4. The molecule has 0 radical (unpaired) electrons. The minimum atomic E-state index is -0.167. The van der Waals surface area contributed by atoms with Gasteiger partial charge in [0, 0.05) is 31.5 Å². The Kier molecular flexibility index (Phi) is 4.45. The van der Waals surface area contributed by atoms with Gasteiger partial charge in [-0.3, -0.25) is 14.1 Å². The number of fused-ring (bicyclic) bond motifs is 1. The Morgan fingerprint density at radius 3 is 2.76 bits per heavy atom. The number of morpholine rings is 1. The van der Waals surface area contributed by atoms with Crippen molar-refractivity contribution in [2.24, 2.45) is 0 Å². The summed E-state index contributed by atoms with van der Waals surface area (Å²) in [5.41, 5.74) is 3.27. The Balaban J connectivity index is 1.52. The van der Waals surface area contributed by atoms with Crippen LogP contribution in [0.5, 0.6) is 0 Å². The van der Waals surface area contributed by atoms with E-state index in [1.807, 2.05) is 53.1 Å². The zero-order valence-corrected chi connectivity index (χ0v) is 13.9. The fourth-order valence-electron chi connectivity index (χ4n) is 3.02. The number of benzene rings is 1. The van der Waals surface area contributed by atoms with Gasteiger partial charge < -0.3 is 10.1 Å². The number of aromatic nitrogens is 2. The van der Waals surface area contributed by atoms with Gasteiger partial charge in [-0.15, -0.1) is 0 Å². The molecule has 1 saturated heterocycles. The van der Waals surface area contributed by atoms with Crippen LogP contribution in [-0.4, -0.2) is 46.5 Å². The smallest absolute Gasteiger partial charge is 0.274 e. The number of para-hydroxylation sites is 1. The summed E-state index contributed by atoms with van der Waals surface area (Å²) < 4.78 is 7.20. The maximum Gasteiger partial charge on any atom is 0.274 e. The van der Waals surface area contributed by atoms with Crippen molar-refractivity contribution in [1.29, 1.82) is 0 Å². The Labute approximate surface area is 146 Å². The van der Waals surface area contributed by atoms with Crippen molar-refractivity contribution in [1.82, 2.24) is 14.3 Å².